The van der Waals surface area contributed by atoms with Gasteiger partial charge in [-0.1, -0.05) is 36.4 Å². The molecular weight excluding hydrogens is 397 g/mol. The van der Waals surface area contributed by atoms with Crippen molar-refractivity contribution in [3.63, 3.8) is 0 Å². The summed E-state index contributed by atoms with van der Waals surface area (Å²) in [6, 6.07) is 15.4. The summed E-state index contributed by atoms with van der Waals surface area (Å²) in [5.74, 6) is -2.21. The molecule has 0 saturated heterocycles. The minimum Gasteiger partial charge on any atom is -0.507 e. The fraction of sp³-hybridized carbons (Fsp3) is 0. The second kappa shape index (κ2) is 8.15. The third-order valence-electron chi connectivity index (χ3n) is 3.99. The van der Waals surface area contributed by atoms with Crippen LogP contribution in [0.1, 0.15) is 21.5 Å². The van der Waals surface area contributed by atoms with E-state index in [4.69, 9.17) is 5.11 Å². The van der Waals surface area contributed by atoms with Crippen molar-refractivity contribution in [1.82, 2.24) is 0 Å². The number of carboxylic acid groups (broad SMARTS) is 1. The van der Waals surface area contributed by atoms with Gasteiger partial charge in [-0.25, -0.2) is 17.6 Å². The summed E-state index contributed by atoms with van der Waals surface area (Å²) in [6.07, 6.45) is 3.42. The van der Waals surface area contributed by atoms with E-state index in [2.05, 4.69) is 4.72 Å². The lowest BCUT2D eigenvalue weighted by Crippen LogP contribution is -2.13. The molecular formula is C21H16FNO5S. The summed E-state index contributed by atoms with van der Waals surface area (Å²) in [5, 5.41) is 18.6. The van der Waals surface area contributed by atoms with Gasteiger partial charge in [-0.05, 0) is 47.5 Å². The van der Waals surface area contributed by atoms with Gasteiger partial charge in [0.05, 0.1) is 10.6 Å². The smallest absolute Gasteiger partial charge is 0.339 e. The average molecular weight is 413 g/mol. The fourth-order valence-corrected chi connectivity index (χ4v) is 3.65. The van der Waals surface area contributed by atoms with E-state index in [0.29, 0.717) is 5.56 Å². The molecule has 8 heteroatoms. The summed E-state index contributed by atoms with van der Waals surface area (Å²) < 4.78 is 40.5. The Hall–Kier alpha value is -3.65. The third-order valence-corrected chi connectivity index (χ3v) is 5.37. The van der Waals surface area contributed by atoms with Crippen LogP contribution in [0.5, 0.6) is 5.75 Å². The molecule has 3 N–H and O–H groups in total. The summed E-state index contributed by atoms with van der Waals surface area (Å²) in [7, 11) is -3.97. The molecule has 3 rings (SSSR count). The SMILES string of the molecule is O=C(O)c1ccc(NS(=O)(=O)c2cccc(C=Cc3ccc(F)cc3)c2)cc1O. The summed E-state index contributed by atoms with van der Waals surface area (Å²) in [5.41, 5.74) is 1.06. The molecule has 0 saturated carbocycles. The topological polar surface area (TPSA) is 104 Å². The standard InChI is InChI=1S/C21H16FNO5S/c22-16-8-6-14(7-9-16)4-5-15-2-1-3-18(12-15)29(27,28)23-17-10-11-19(21(25)26)20(24)13-17/h1-13,23-24H,(H,25,26). The maximum atomic E-state index is 13.0. The van der Waals surface area contributed by atoms with Gasteiger partial charge in [0, 0.05) is 6.07 Å². The van der Waals surface area contributed by atoms with Crippen molar-refractivity contribution in [3.8, 4) is 5.75 Å². The molecule has 0 amide bonds. The van der Waals surface area contributed by atoms with Gasteiger partial charge in [0.1, 0.15) is 17.1 Å². The predicted octanol–water partition coefficient (Wildman–Crippen LogP) is 4.20. The first kappa shape index (κ1) is 20.1. The van der Waals surface area contributed by atoms with Crippen molar-refractivity contribution in [1.29, 1.82) is 0 Å². The number of sulfonamides is 1. The van der Waals surface area contributed by atoms with E-state index in [9.17, 15) is 22.7 Å². The van der Waals surface area contributed by atoms with E-state index < -0.39 is 21.7 Å². The van der Waals surface area contributed by atoms with Gasteiger partial charge in [-0.2, -0.15) is 0 Å². The normalized spacial score (nSPS) is 11.5. The number of aromatic hydroxyl groups is 1. The van der Waals surface area contributed by atoms with Gasteiger partial charge in [-0.3, -0.25) is 4.72 Å². The minimum absolute atomic E-state index is 0.0134. The van der Waals surface area contributed by atoms with E-state index in [1.54, 1.807) is 36.4 Å². The maximum Gasteiger partial charge on any atom is 0.339 e. The fourth-order valence-electron chi connectivity index (χ4n) is 2.54. The van der Waals surface area contributed by atoms with Crippen LogP contribution in [0.4, 0.5) is 10.1 Å². The van der Waals surface area contributed by atoms with Crippen molar-refractivity contribution in [2.24, 2.45) is 0 Å². The highest BCUT2D eigenvalue weighted by Crippen LogP contribution is 2.24. The molecule has 0 unspecified atom stereocenters. The largest absolute Gasteiger partial charge is 0.507 e. The number of halogens is 1. The van der Waals surface area contributed by atoms with Gasteiger partial charge in [0.2, 0.25) is 0 Å². The highest BCUT2D eigenvalue weighted by atomic mass is 32.2. The van der Waals surface area contributed by atoms with Gasteiger partial charge < -0.3 is 10.2 Å². The Morgan fingerprint density at radius 3 is 2.28 bits per heavy atom. The van der Waals surface area contributed by atoms with Gasteiger partial charge in [-0.15, -0.1) is 0 Å². The van der Waals surface area contributed by atoms with Crippen molar-refractivity contribution >= 4 is 33.8 Å². The minimum atomic E-state index is -3.97. The van der Waals surface area contributed by atoms with Crippen LogP contribution < -0.4 is 4.72 Å². The number of anilines is 1. The Balaban J connectivity index is 1.82. The van der Waals surface area contributed by atoms with Crippen LogP contribution in [-0.2, 0) is 10.0 Å². The van der Waals surface area contributed by atoms with Crippen molar-refractivity contribution in [3.05, 3.63) is 89.2 Å². The lowest BCUT2D eigenvalue weighted by atomic mass is 10.1. The van der Waals surface area contributed by atoms with Crippen molar-refractivity contribution in [2.75, 3.05) is 4.72 Å². The number of rotatable bonds is 6. The summed E-state index contributed by atoms with van der Waals surface area (Å²) in [4.78, 5) is 10.9. The molecule has 0 spiro atoms. The van der Waals surface area contributed by atoms with Crippen LogP contribution in [0, 0.1) is 5.82 Å². The van der Waals surface area contributed by atoms with Gasteiger partial charge in [0.15, 0.2) is 0 Å². The quantitative estimate of drug-likeness (QED) is 0.526. The predicted molar refractivity (Wildman–Crippen MR) is 108 cm³/mol. The van der Waals surface area contributed by atoms with E-state index in [-0.39, 0.29) is 22.0 Å². The van der Waals surface area contributed by atoms with Gasteiger partial charge in [0.25, 0.3) is 10.0 Å². The van der Waals surface area contributed by atoms with E-state index in [0.717, 1.165) is 17.7 Å². The van der Waals surface area contributed by atoms with Crippen LogP contribution in [-0.4, -0.2) is 24.6 Å². The Labute approximate surface area is 166 Å². The number of benzene rings is 3. The number of aromatic carboxylic acids is 1. The van der Waals surface area contributed by atoms with Crippen LogP contribution in [0.2, 0.25) is 0 Å². The molecule has 0 aliphatic carbocycles. The molecule has 0 aromatic heterocycles. The van der Waals surface area contributed by atoms with E-state index in [1.165, 1.54) is 30.3 Å². The Bertz CT molecular complexity index is 1190. The number of carbonyl (C=O) groups is 1. The second-order valence-corrected chi connectivity index (χ2v) is 7.78. The first-order valence-corrected chi connectivity index (χ1v) is 9.86. The molecule has 6 nitrogen and oxygen atoms in total. The zero-order valence-corrected chi connectivity index (χ0v) is 15.7. The highest BCUT2D eigenvalue weighted by Gasteiger charge is 2.16. The molecule has 0 heterocycles. The summed E-state index contributed by atoms with van der Waals surface area (Å²) in [6.45, 7) is 0. The molecule has 0 fully saturated rings. The zero-order chi connectivity index (χ0) is 21.0. The number of phenols is 1. The lowest BCUT2D eigenvalue weighted by molar-refractivity contribution is 0.0694. The highest BCUT2D eigenvalue weighted by molar-refractivity contribution is 7.92. The number of hydrogen-bond acceptors (Lipinski definition) is 4. The molecule has 0 bridgehead atoms. The van der Waals surface area contributed by atoms with Crippen LogP contribution in [0.25, 0.3) is 12.2 Å². The van der Waals surface area contributed by atoms with E-state index in [1.807, 2.05) is 0 Å². The number of carboxylic acids is 1. The van der Waals surface area contributed by atoms with E-state index >= 15 is 0 Å². The Morgan fingerprint density at radius 1 is 0.931 bits per heavy atom. The number of hydrogen-bond donors (Lipinski definition) is 3. The Kier molecular flexibility index (Phi) is 5.65. The first-order valence-electron chi connectivity index (χ1n) is 8.37. The molecule has 0 aliphatic rings. The maximum absolute atomic E-state index is 13.0. The Morgan fingerprint density at radius 2 is 1.62 bits per heavy atom. The third kappa shape index (κ3) is 4.99. The van der Waals surface area contributed by atoms with Crippen molar-refractivity contribution < 1.29 is 27.8 Å². The lowest BCUT2D eigenvalue weighted by Gasteiger charge is -2.10. The van der Waals surface area contributed by atoms with Gasteiger partial charge >= 0.3 is 5.97 Å². The number of nitrogens with one attached hydrogen (secondary N) is 1. The average Bonchev–Trinajstić information content (AvgIpc) is 2.67. The van der Waals surface area contributed by atoms with Crippen LogP contribution in [0.15, 0.2) is 71.6 Å². The van der Waals surface area contributed by atoms with Crippen LogP contribution >= 0.6 is 0 Å². The molecule has 0 radical (unpaired) electrons. The molecule has 0 aliphatic heterocycles. The first-order chi connectivity index (χ1) is 13.7. The monoisotopic (exact) mass is 413 g/mol. The van der Waals surface area contributed by atoms with Crippen LogP contribution in [0.3, 0.4) is 0 Å². The molecule has 3 aromatic carbocycles. The molecule has 3 aromatic rings. The molecule has 148 valence electrons. The summed E-state index contributed by atoms with van der Waals surface area (Å²) >= 11 is 0. The molecule has 29 heavy (non-hydrogen) atoms. The molecule has 0 atom stereocenters. The second-order valence-electron chi connectivity index (χ2n) is 6.10. The van der Waals surface area contributed by atoms with Crippen molar-refractivity contribution in [2.45, 2.75) is 4.90 Å². The zero-order valence-electron chi connectivity index (χ0n) is 14.9.